The highest BCUT2D eigenvalue weighted by atomic mass is 19.1. The van der Waals surface area contributed by atoms with E-state index in [4.69, 9.17) is 4.74 Å². The van der Waals surface area contributed by atoms with E-state index < -0.39 is 17.9 Å². The lowest BCUT2D eigenvalue weighted by atomic mass is 10.1. The summed E-state index contributed by atoms with van der Waals surface area (Å²) in [6.45, 7) is 3.36. The van der Waals surface area contributed by atoms with Gasteiger partial charge in [-0.1, -0.05) is 6.07 Å². The van der Waals surface area contributed by atoms with Gasteiger partial charge in [0.25, 0.3) is 5.91 Å². The van der Waals surface area contributed by atoms with Crippen LogP contribution in [0, 0.1) is 5.82 Å². The van der Waals surface area contributed by atoms with Crippen molar-refractivity contribution in [1.82, 2.24) is 10.2 Å². The van der Waals surface area contributed by atoms with E-state index in [9.17, 15) is 14.0 Å². The quantitative estimate of drug-likeness (QED) is 0.819. The number of halogens is 1. The van der Waals surface area contributed by atoms with E-state index in [0.717, 1.165) is 25.9 Å². The van der Waals surface area contributed by atoms with Crippen LogP contribution >= 0.6 is 0 Å². The van der Waals surface area contributed by atoms with E-state index in [2.05, 4.69) is 10.6 Å². The Hall–Kier alpha value is -3.09. The van der Waals surface area contributed by atoms with Gasteiger partial charge in [-0.25, -0.2) is 9.18 Å². The lowest BCUT2D eigenvalue weighted by molar-refractivity contribution is 0.0793. The second-order valence-electron chi connectivity index (χ2n) is 6.79. The maximum Gasteiger partial charge on any atom is 0.319 e. The van der Waals surface area contributed by atoms with E-state index in [1.54, 1.807) is 37.3 Å². The molecule has 0 unspecified atom stereocenters. The van der Waals surface area contributed by atoms with E-state index in [1.807, 2.05) is 4.90 Å². The van der Waals surface area contributed by atoms with E-state index in [1.165, 1.54) is 19.2 Å². The minimum atomic E-state index is -0.479. The third-order valence-corrected chi connectivity index (χ3v) is 4.81. The second-order valence-corrected chi connectivity index (χ2v) is 6.79. The molecule has 1 heterocycles. The van der Waals surface area contributed by atoms with Gasteiger partial charge in [0.05, 0.1) is 13.2 Å². The highest BCUT2D eigenvalue weighted by Gasteiger charge is 2.19. The maximum atomic E-state index is 13.8. The van der Waals surface area contributed by atoms with Crippen LogP contribution in [0.15, 0.2) is 42.5 Å². The predicted molar refractivity (Wildman–Crippen MR) is 105 cm³/mol. The molecule has 1 saturated heterocycles. The fraction of sp³-hybridized carbons (Fsp3) is 0.333. The molecule has 0 aromatic heterocycles. The van der Waals surface area contributed by atoms with Gasteiger partial charge in [-0.2, -0.15) is 0 Å². The molecule has 148 valence electrons. The number of rotatable bonds is 5. The Morgan fingerprint density at radius 3 is 2.39 bits per heavy atom. The molecule has 6 nitrogen and oxygen atoms in total. The summed E-state index contributed by atoms with van der Waals surface area (Å²) < 4.78 is 18.7. The van der Waals surface area contributed by atoms with Crippen molar-refractivity contribution in [3.8, 4) is 5.75 Å². The van der Waals surface area contributed by atoms with Crippen LogP contribution in [-0.2, 0) is 0 Å². The second kappa shape index (κ2) is 8.73. The summed E-state index contributed by atoms with van der Waals surface area (Å²) in [6.07, 6.45) is 2.09. The molecule has 28 heavy (non-hydrogen) atoms. The molecule has 3 rings (SSSR count). The lowest BCUT2D eigenvalue weighted by Crippen LogP contribution is -2.31. The van der Waals surface area contributed by atoms with Gasteiger partial charge in [-0.15, -0.1) is 0 Å². The minimum Gasteiger partial charge on any atom is -0.494 e. The zero-order chi connectivity index (χ0) is 20.1. The first-order valence-corrected chi connectivity index (χ1v) is 9.28. The van der Waals surface area contributed by atoms with Crippen LogP contribution in [-0.4, -0.2) is 37.0 Å². The molecule has 2 aromatic carbocycles. The van der Waals surface area contributed by atoms with Gasteiger partial charge in [-0.3, -0.25) is 4.79 Å². The summed E-state index contributed by atoms with van der Waals surface area (Å²) in [5, 5.41) is 5.48. The molecule has 3 amide bonds. The maximum absolute atomic E-state index is 13.8. The van der Waals surface area contributed by atoms with E-state index >= 15 is 0 Å². The number of nitrogens with zero attached hydrogens (tertiary/aromatic N) is 1. The molecule has 1 aliphatic heterocycles. The van der Waals surface area contributed by atoms with Crippen molar-refractivity contribution in [3.05, 3.63) is 59.4 Å². The number of carbonyl (C=O) groups excluding carboxylic acids is 2. The molecule has 0 radical (unpaired) electrons. The molecule has 0 aliphatic carbocycles. The van der Waals surface area contributed by atoms with Crippen LogP contribution in [0.1, 0.15) is 41.7 Å². The number of methoxy groups -OCH3 is 1. The number of carbonyl (C=O) groups is 2. The molecule has 0 spiro atoms. The van der Waals surface area contributed by atoms with Crippen molar-refractivity contribution in [1.29, 1.82) is 0 Å². The van der Waals surface area contributed by atoms with Gasteiger partial charge in [0, 0.05) is 24.3 Å². The van der Waals surface area contributed by atoms with Crippen LogP contribution in [0.25, 0.3) is 0 Å². The smallest absolute Gasteiger partial charge is 0.319 e. The van der Waals surface area contributed by atoms with Gasteiger partial charge in [0.15, 0.2) is 11.6 Å². The molecule has 1 aliphatic rings. The third kappa shape index (κ3) is 4.60. The standard InChI is InChI=1S/C21H24FN3O3/c1-14(16-7-10-19(28-2)18(22)13-16)23-21(27)24-17-8-5-15(6-9-17)20(26)25-11-3-4-12-25/h5-10,13-14H,3-4,11-12H2,1-2H3,(H2,23,24,27)/t14-/m1/s1. The SMILES string of the molecule is COc1ccc([C@@H](C)NC(=O)Nc2ccc(C(=O)N3CCCC3)cc2)cc1F. The normalized spacial score (nSPS) is 14.5. The molecule has 0 saturated carbocycles. The summed E-state index contributed by atoms with van der Waals surface area (Å²) in [5.74, 6) is -0.306. The average molecular weight is 385 g/mol. The van der Waals surface area contributed by atoms with Crippen LogP contribution in [0.4, 0.5) is 14.9 Å². The highest BCUT2D eigenvalue weighted by molar-refractivity contribution is 5.95. The molecule has 1 fully saturated rings. The number of benzene rings is 2. The molecular weight excluding hydrogens is 361 g/mol. The van der Waals surface area contributed by atoms with Gasteiger partial charge >= 0.3 is 6.03 Å². The van der Waals surface area contributed by atoms with Crippen molar-refractivity contribution in [3.63, 3.8) is 0 Å². The fourth-order valence-electron chi connectivity index (χ4n) is 3.20. The zero-order valence-corrected chi connectivity index (χ0v) is 16.0. The number of amides is 3. The van der Waals surface area contributed by atoms with Gasteiger partial charge in [-0.05, 0) is 61.7 Å². The van der Waals surface area contributed by atoms with Crippen molar-refractivity contribution in [2.45, 2.75) is 25.8 Å². The number of ether oxygens (including phenoxy) is 1. The van der Waals surface area contributed by atoms with Crippen molar-refractivity contribution in [2.24, 2.45) is 0 Å². The number of urea groups is 1. The van der Waals surface area contributed by atoms with Crippen molar-refractivity contribution in [2.75, 3.05) is 25.5 Å². The van der Waals surface area contributed by atoms with E-state index in [0.29, 0.717) is 16.8 Å². The van der Waals surface area contributed by atoms with Gasteiger partial charge in [0.2, 0.25) is 0 Å². The topological polar surface area (TPSA) is 70.7 Å². The molecule has 2 aromatic rings. The molecule has 1 atom stereocenters. The Balaban J connectivity index is 1.56. The van der Waals surface area contributed by atoms with Crippen molar-refractivity contribution < 1.29 is 18.7 Å². The zero-order valence-electron chi connectivity index (χ0n) is 16.0. The Labute approximate surface area is 163 Å². The Kier molecular flexibility index (Phi) is 6.13. The van der Waals surface area contributed by atoms with Gasteiger partial charge in [0.1, 0.15) is 0 Å². The Bertz CT molecular complexity index is 848. The lowest BCUT2D eigenvalue weighted by Gasteiger charge is -2.17. The summed E-state index contributed by atoms with van der Waals surface area (Å²) >= 11 is 0. The van der Waals surface area contributed by atoms with Crippen LogP contribution < -0.4 is 15.4 Å². The van der Waals surface area contributed by atoms with Crippen molar-refractivity contribution >= 4 is 17.6 Å². The largest absolute Gasteiger partial charge is 0.494 e. The first-order chi connectivity index (χ1) is 13.5. The number of hydrogen-bond donors (Lipinski definition) is 2. The Morgan fingerprint density at radius 2 is 1.79 bits per heavy atom. The third-order valence-electron chi connectivity index (χ3n) is 4.81. The summed E-state index contributed by atoms with van der Waals surface area (Å²) in [6, 6.07) is 10.6. The molecular formula is C21H24FN3O3. The summed E-state index contributed by atoms with van der Waals surface area (Å²) in [7, 11) is 1.40. The highest BCUT2D eigenvalue weighted by Crippen LogP contribution is 2.22. The van der Waals surface area contributed by atoms with Gasteiger partial charge < -0.3 is 20.3 Å². The number of nitrogens with one attached hydrogen (secondary N) is 2. The van der Waals surface area contributed by atoms with Crippen LogP contribution in [0.3, 0.4) is 0 Å². The molecule has 2 N–H and O–H groups in total. The average Bonchev–Trinajstić information content (AvgIpc) is 3.22. The van der Waals surface area contributed by atoms with E-state index in [-0.39, 0.29) is 11.7 Å². The summed E-state index contributed by atoms with van der Waals surface area (Å²) in [4.78, 5) is 26.4. The fourth-order valence-corrected chi connectivity index (χ4v) is 3.20. The molecule has 7 heteroatoms. The van der Waals surface area contributed by atoms with Crippen LogP contribution in [0.2, 0.25) is 0 Å². The first-order valence-electron chi connectivity index (χ1n) is 9.28. The number of likely N-dealkylation sites (tertiary alicyclic amines) is 1. The Morgan fingerprint density at radius 1 is 1.11 bits per heavy atom. The summed E-state index contributed by atoms with van der Waals surface area (Å²) in [5.41, 5.74) is 1.80. The van der Waals surface area contributed by atoms with Crippen LogP contribution in [0.5, 0.6) is 5.75 Å². The number of anilines is 1. The minimum absolute atomic E-state index is 0.0173. The first kappa shape index (κ1) is 19.7. The molecule has 0 bridgehead atoms. The predicted octanol–water partition coefficient (Wildman–Crippen LogP) is 3.95. The monoisotopic (exact) mass is 385 g/mol. The number of hydrogen-bond acceptors (Lipinski definition) is 3.